The standard InChI is InChI=1S/C30H25F10NO3/c1-14(2)24-22(31)7-8-23(43-4)25(24)21-6-5-18(28(32,33)34)11-17(21)13-41-15(3)26(44-27(41)42)16-9-19(29(35,36)37)12-20(10-16)30(38,39)40/h5-12,14-15,26H,13H2,1-4H3/t15-,26-/m0/s1/i1D3,2D3,13D2,15D,26D. The van der Waals surface area contributed by atoms with Crippen LogP contribution in [0.1, 0.15) is 79.7 Å². The Bertz CT molecular complexity index is 1910. The number of methoxy groups -OCH3 is 1. The quantitative estimate of drug-likeness (QED) is 0.250. The highest BCUT2D eigenvalue weighted by molar-refractivity contribution is 5.79. The number of benzene rings is 3. The smallest absolute Gasteiger partial charge is 0.416 e. The Morgan fingerprint density at radius 2 is 1.52 bits per heavy atom. The fourth-order valence-electron chi connectivity index (χ4n) is 4.38. The number of hydrogen-bond donors (Lipinski definition) is 0. The lowest BCUT2D eigenvalue weighted by atomic mass is 9.88. The van der Waals surface area contributed by atoms with Crippen molar-refractivity contribution >= 4 is 6.09 Å². The topological polar surface area (TPSA) is 38.8 Å². The van der Waals surface area contributed by atoms with Crippen LogP contribution in [0.15, 0.2) is 48.5 Å². The maximum Gasteiger partial charge on any atom is 0.416 e. The van der Waals surface area contributed by atoms with Crippen LogP contribution < -0.4 is 4.74 Å². The van der Waals surface area contributed by atoms with Gasteiger partial charge < -0.3 is 9.47 Å². The van der Waals surface area contributed by atoms with Gasteiger partial charge in [-0.3, -0.25) is 4.90 Å². The van der Waals surface area contributed by atoms with E-state index in [1.165, 1.54) is 0 Å². The van der Waals surface area contributed by atoms with E-state index in [1.807, 2.05) is 0 Å². The van der Waals surface area contributed by atoms with Crippen LogP contribution in [0.25, 0.3) is 11.1 Å². The SMILES string of the molecule is [2H]C([2H])([2H])C(c1c(F)ccc(OC)c1-c1ccc(C(F)(F)F)cc1C([2H])([2H])N1C(=O)O[C@]([2H])(c2cc(C(F)(F)F)cc(C(F)(F)F)c2)[C@]1([2H])C)C([2H])([2H])[2H]. The number of alkyl halides is 9. The van der Waals surface area contributed by atoms with Gasteiger partial charge in [0, 0.05) is 19.4 Å². The number of rotatable bonds is 6. The maximum atomic E-state index is 15.7. The highest BCUT2D eigenvalue weighted by atomic mass is 19.4. The van der Waals surface area contributed by atoms with E-state index < -0.39 is 124 Å². The van der Waals surface area contributed by atoms with Gasteiger partial charge in [0.15, 0.2) is 0 Å². The third-order valence-corrected chi connectivity index (χ3v) is 6.40. The molecular weight excluding hydrogens is 612 g/mol. The van der Waals surface area contributed by atoms with Crippen LogP contribution in [0, 0.1) is 5.82 Å². The molecule has 0 aliphatic carbocycles. The summed E-state index contributed by atoms with van der Waals surface area (Å²) in [5, 5.41) is 0. The molecule has 1 heterocycles. The van der Waals surface area contributed by atoms with E-state index in [0.29, 0.717) is 19.1 Å². The summed E-state index contributed by atoms with van der Waals surface area (Å²) in [6.45, 7) is -10.7. The fraction of sp³-hybridized carbons (Fsp3) is 0.367. The molecule has 14 heteroatoms. The van der Waals surface area contributed by atoms with Crippen molar-refractivity contribution in [3.05, 3.63) is 87.7 Å². The van der Waals surface area contributed by atoms with Crippen molar-refractivity contribution in [2.24, 2.45) is 0 Å². The predicted molar refractivity (Wildman–Crippen MR) is 138 cm³/mol. The van der Waals surface area contributed by atoms with Crippen LogP contribution >= 0.6 is 0 Å². The largest absolute Gasteiger partial charge is 0.496 e. The van der Waals surface area contributed by atoms with Crippen LogP contribution in [0.3, 0.4) is 0 Å². The van der Waals surface area contributed by atoms with Gasteiger partial charge >= 0.3 is 24.6 Å². The minimum atomic E-state index is -5.52. The van der Waals surface area contributed by atoms with Crippen molar-refractivity contribution in [1.82, 2.24) is 4.90 Å². The molecule has 3 aromatic rings. The lowest BCUT2D eigenvalue weighted by Gasteiger charge is -2.25. The zero-order valence-electron chi connectivity index (χ0n) is 32.1. The van der Waals surface area contributed by atoms with Gasteiger partial charge in [-0.25, -0.2) is 9.18 Å². The van der Waals surface area contributed by atoms with Gasteiger partial charge in [-0.15, -0.1) is 0 Å². The molecule has 1 aliphatic heterocycles. The number of nitrogens with zero attached hydrogens (tertiary/aromatic N) is 1. The van der Waals surface area contributed by atoms with E-state index in [2.05, 4.69) is 0 Å². The van der Waals surface area contributed by atoms with E-state index in [1.54, 1.807) is 0 Å². The van der Waals surface area contributed by atoms with Gasteiger partial charge in [-0.05, 0) is 72.0 Å². The number of hydrogen-bond acceptors (Lipinski definition) is 3. The lowest BCUT2D eigenvalue weighted by molar-refractivity contribution is -0.143. The summed E-state index contributed by atoms with van der Waals surface area (Å²) in [5.74, 6) is -4.98. The Morgan fingerprint density at radius 3 is 2.05 bits per heavy atom. The molecule has 1 saturated heterocycles. The molecule has 44 heavy (non-hydrogen) atoms. The van der Waals surface area contributed by atoms with Crippen molar-refractivity contribution in [3.8, 4) is 16.9 Å². The first kappa shape index (κ1) is 21.7. The molecule has 0 radical (unpaired) electrons. The normalized spacial score (nSPS) is 25.4. The number of amides is 1. The van der Waals surface area contributed by atoms with Gasteiger partial charge in [0.2, 0.25) is 0 Å². The van der Waals surface area contributed by atoms with Crippen molar-refractivity contribution in [1.29, 1.82) is 0 Å². The molecule has 238 valence electrons. The third kappa shape index (κ3) is 6.43. The highest BCUT2D eigenvalue weighted by Gasteiger charge is 2.44. The van der Waals surface area contributed by atoms with Gasteiger partial charge in [0.1, 0.15) is 17.6 Å². The second-order valence-electron chi connectivity index (χ2n) is 9.25. The average molecular weight is 648 g/mol. The second kappa shape index (κ2) is 11.5. The van der Waals surface area contributed by atoms with Crippen molar-refractivity contribution < 1.29 is 71.9 Å². The molecule has 1 amide bonds. The molecule has 0 spiro atoms. The molecule has 0 unspecified atom stereocenters. The van der Waals surface area contributed by atoms with Crippen LogP contribution in [-0.2, 0) is 29.8 Å². The third-order valence-electron chi connectivity index (χ3n) is 6.40. The van der Waals surface area contributed by atoms with Crippen LogP contribution in [0.4, 0.5) is 48.7 Å². The molecular formula is C30H25F10NO3. The van der Waals surface area contributed by atoms with E-state index in [-0.39, 0.29) is 30.3 Å². The zero-order valence-corrected chi connectivity index (χ0v) is 22.1. The first-order valence-corrected chi connectivity index (χ1v) is 12.0. The molecule has 3 aromatic carbocycles. The molecule has 4 rings (SSSR count). The van der Waals surface area contributed by atoms with Gasteiger partial charge in [-0.1, -0.05) is 19.8 Å². The van der Waals surface area contributed by atoms with Crippen LogP contribution in [0.2, 0.25) is 0 Å². The van der Waals surface area contributed by atoms with Gasteiger partial charge in [-0.2, -0.15) is 39.5 Å². The molecule has 0 aromatic heterocycles. The lowest BCUT2D eigenvalue weighted by Crippen LogP contribution is -2.32. The number of carbonyl (C=O) groups excluding carboxylic acids is 1. The van der Waals surface area contributed by atoms with Crippen molar-refractivity contribution in [2.45, 2.75) is 63.7 Å². The Labute approximate surface area is 259 Å². The summed E-state index contributed by atoms with van der Waals surface area (Å²) >= 11 is 0. The summed E-state index contributed by atoms with van der Waals surface area (Å²) in [6, 6.07) is -1.93. The Kier molecular flexibility index (Phi) is 5.67. The molecule has 0 saturated carbocycles. The maximum absolute atomic E-state index is 15.7. The summed E-state index contributed by atoms with van der Waals surface area (Å²) in [5.41, 5.74) is -11.8. The van der Waals surface area contributed by atoms with Crippen molar-refractivity contribution in [3.63, 3.8) is 0 Å². The summed E-state index contributed by atoms with van der Waals surface area (Å²) in [4.78, 5) is 13.0. The Morgan fingerprint density at radius 1 is 0.932 bits per heavy atom. The minimum absolute atomic E-state index is 0.00246. The Hall–Kier alpha value is -3.97. The number of ether oxygens (including phenoxy) is 2. The summed E-state index contributed by atoms with van der Waals surface area (Å²) in [6.07, 6.45) is -22.2. The predicted octanol–water partition coefficient (Wildman–Crippen LogP) is 9.76. The molecule has 1 fully saturated rings. The van der Waals surface area contributed by atoms with Crippen LogP contribution in [0.5, 0.6) is 5.75 Å². The first-order chi connectivity index (χ1) is 24.1. The number of halogens is 10. The van der Waals surface area contributed by atoms with E-state index in [0.717, 1.165) is 13.2 Å². The monoisotopic (exact) mass is 647 g/mol. The first-order valence-electron chi connectivity index (χ1n) is 17.0. The van der Waals surface area contributed by atoms with Gasteiger partial charge in [0.05, 0.1) is 41.8 Å². The molecule has 0 bridgehead atoms. The molecule has 1 aliphatic rings. The van der Waals surface area contributed by atoms with Gasteiger partial charge in [0.25, 0.3) is 0 Å². The van der Waals surface area contributed by atoms with E-state index in [9.17, 15) is 44.3 Å². The molecule has 2 atom stereocenters. The van der Waals surface area contributed by atoms with E-state index in [4.69, 9.17) is 23.2 Å². The second-order valence-corrected chi connectivity index (χ2v) is 9.25. The summed E-state index contributed by atoms with van der Waals surface area (Å²) in [7, 11) is 0.885. The zero-order chi connectivity index (χ0) is 41.6. The highest BCUT2D eigenvalue weighted by Crippen LogP contribution is 2.45. The average Bonchev–Trinajstić information content (AvgIpc) is 3.18. The number of carbonyl (C=O) groups is 1. The minimum Gasteiger partial charge on any atom is -0.496 e. The number of cyclic esters (lactones) is 1. The summed E-state index contributed by atoms with van der Waals surface area (Å²) < 4.78 is 233. The fourth-order valence-corrected chi connectivity index (χ4v) is 4.38. The molecule has 4 nitrogen and oxygen atoms in total. The van der Waals surface area contributed by atoms with Crippen LogP contribution in [-0.4, -0.2) is 24.1 Å². The van der Waals surface area contributed by atoms with Crippen molar-refractivity contribution in [2.75, 3.05) is 7.11 Å². The Balaban J connectivity index is 2.11. The molecule has 0 N–H and O–H groups in total. The van der Waals surface area contributed by atoms with E-state index >= 15 is 4.39 Å².